The van der Waals surface area contributed by atoms with Gasteiger partial charge in [-0.15, -0.1) is 0 Å². The number of aryl methyl sites for hydroxylation is 1. The number of nitrogens with zero attached hydrogens (tertiary/aromatic N) is 4. The molecular weight excluding hydrogens is 360 g/mol. The lowest BCUT2D eigenvalue weighted by Gasteiger charge is -2.33. The van der Waals surface area contributed by atoms with E-state index < -0.39 is 0 Å². The molecule has 0 N–H and O–H groups in total. The molecule has 3 aromatic rings. The van der Waals surface area contributed by atoms with Gasteiger partial charge in [0.25, 0.3) is 11.9 Å². The zero-order chi connectivity index (χ0) is 19.7. The van der Waals surface area contributed by atoms with E-state index >= 15 is 0 Å². The van der Waals surface area contributed by atoms with Gasteiger partial charge in [0, 0.05) is 43.5 Å². The maximum Gasteiger partial charge on any atom is 0.300 e. The molecule has 1 amide bonds. The molecule has 0 saturated carbocycles. The monoisotopic (exact) mass is 382 g/mol. The van der Waals surface area contributed by atoms with E-state index in [-0.39, 0.29) is 5.91 Å². The third-order valence-electron chi connectivity index (χ3n) is 4.82. The summed E-state index contributed by atoms with van der Waals surface area (Å²) >= 11 is 0. The van der Waals surface area contributed by atoms with Gasteiger partial charge in [0.1, 0.15) is 11.5 Å². The highest BCUT2D eigenvalue weighted by atomic mass is 16.5. The third-order valence-corrected chi connectivity index (χ3v) is 4.82. The van der Waals surface area contributed by atoms with E-state index in [0.29, 0.717) is 60.5 Å². The summed E-state index contributed by atoms with van der Waals surface area (Å²) in [6.45, 7) is 4.34. The Labute approximate surface area is 162 Å². The SMILES string of the molecule is COc1cc(OC)cc(C(=O)N2CCN(c3nc4nc(C)ccc4o3)CC2)c1. The van der Waals surface area contributed by atoms with Crippen molar-refractivity contribution in [1.82, 2.24) is 14.9 Å². The molecular formula is C20H22N4O4. The quantitative estimate of drug-likeness (QED) is 0.686. The van der Waals surface area contributed by atoms with E-state index in [0.717, 1.165) is 5.69 Å². The average molecular weight is 382 g/mol. The van der Waals surface area contributed by atoms with Crippen LogP contribution in [0.15, 0.2) is 34.7 Å². The summed E-state index contributed by atoms with van der Waals surface area (Å²) < 4.78 is 16.3. The number of ether oxygens (including phenoxy) is 2. The van der Waals surface area contributed by atoms with Crippen molar-refractivity contribution in [2.75, 3.05) is 45.3 Å². The molecule has 1 fully saturated rings. The molecule has 8 heteroatoms. The minimum atomic E-state index is -0.0493. The number of piperazine rings is 1. The number of methoxy groups -OCH3 is 2. The van der Waals surface area contributed by atoms with E-state index in [2.05, 4.69) is 9.97 Å². The van der Waals surface area contributed by atoms with Crippen molar-refractivity contribution in [3.05, 3.63) is 41.6 Å². The third kappa shape index (κ3) is 3.45. The number of carbonyl (C=O) groups is 1. The second-order valence-corrected chi connectivity index (χ2v) is 6.65. The first-order chi connectivity index (χ1) is 13.6. The number of pyridine rings is 1. The number of hydrogen-bond acceptors (Lipinski definition) is 7. The Bertz CT molecular complexity index is 986. The Morgan fingerprint density at radius 3 is 2.32 bits per heavy atom. The van der Waals surface area contributed by atoms with E-state index in [1.165, 1.54) is 0 Å². The van der Waals surface area contributed by atoms with Crippen molar-refractivity contribution >= 4 is 23.2 Å². The van der Waals surface area contributed by atoms with E-state index in [1.54, 1.807) is 32.4 Å². The van der Waals surface area contributed by atoms with Crippen LogP contribution >= 0.6 is 0 Å². The van der Waals surface area contributed by atoms with Gasteiger partial charge in [-0.05, 0) is 31.2 Å². The molecule has 0 radical (unpaired) electrons. The molecule has 1 saturated heterocycles. The predicted octanol–water partition coefficient (Wildman–Crippen LogP) is 2.51. The van der Waals surface area contributed by atoms with Gasteiger partial charge < -0.3 is 23.7 Å². The molecule has 1 aliphatic heterocycles. The van der Waals surface area contributed by atoms with Crippen molar-refractivity contribution in [2.24, 2.45) is 0 Å². The van der Waals surface area contributed by atoms with E-state index in [9.17, 15) is 4.79 Å². The van der Waals surface area contributed by atoms with E-state index in [1.807, 2.05) is 28.9 Å². The topological polar surface area (TPSA) is 80.9 Å². The normalized spacial score (nSPS) is 14.4. The van der Waals surface area contributed by atoms with Crippen LogP contribution in [0.2, 0.25) is 0 Å². The number of carbonyl (C=O) groups excluding carboxylic acids is 1. The molecule has 146 valence electrons. The van der Waals surface area contributed by atoms with Crippen LogP contribution in [0.25, 0.3) is 11.2 Å². The fourth-order valence-electron chi connectivity index (χ4n) is 3.25. The summed E-state index contributed by atoms with van der Waals surface area (Å²) in [7, 11) is 3.14. The average Bonchev–Trinajstić information content (AvgIpc) is 3.16. The van der Waals surface area contributed by atoms with Gasteiger partial charge in [0.2, 0.25) is 5.65 Å². The molecule has 1 aliphatic rings. The van der Waals surface area contributed by atoms with Gasteiger partial charge >= 0.3 is 0 Å². The number of benzene rings is 1. The van der Waals surface area contributed by atoms with Crippen molar-refractivity contribution < 1.29 is 18.7 Å². The first kappa shape index (κ1) is 18.1. The van der Waals surface area contributed by atoms with Crippen molar-refractivity contribution in [3.8, 4) is 11.5 Å². The second kappa shape index (κ2) is 7.38. The molecule has 2 aromatic heterocycles. The Kier molecular flexibility index (Phi) is 4.77. The molecule has 28 heavy (non-hydrogen) atoms. The highest BCUT2D eigenvalue weighted by molar-refractivity contribution is 5.95. The minimum absolute atomic E-state index is 0.0493. The first-order valence-corrected chi connectivity index (χ1v) is 9.09. The zero-order valence-electron chi connectivity index (χ0n) is 16.1. The molecule has 0 aliphatic carbocycles. The Morgan fingerprint density at radius 2 is 1.68 bits per heavy atom. The van der Waals surface area contributed by atoms with Crippen LogP contribution in [0, 0.1) is 6.92 Å². The van der Waals surface area contributed by atoms with Gasteiger partial charge in [-0.1, -0.05) is 0 Å². The smallest absolute Gasteiger partial charge is 0.300 e. The maximum atomic E-state index is 12.9. The largest absolute Gasteiger partial charge is 0.497 e. The zero-order valence-corrected chi connectivity index (χ0v) is 16.1. The second-order valence-electron chi connectivity index (χ2n) is 6.65. The number of fused-ring (bicyclic) bond motifs is 1. The molecule has 3 heterocycles. The van der Waals surface area contributed by atoms with Crippen LogP contribution in [-0.2, 0) is 0 Å². The van der Waals surface area contributed by atoms with Crippen LogP contribution in [0.3, 0.4) is 0 Å². The lowest BCUT2D eigenvalue weighted by atomic mass is 10.1. The van der Waals surface area contributed by atoms with Crippen LogP contribution in [-0.4, -0.2) is 61.2 Å². The highest BCUT2D eigenvalue weighted by Crippen LogP contribution is 2.25. The van der Waals surface area contributed by atoms with Crippen molar-refractivity contribution in [3.63, 3.8) is 0 Å². The van der Waals surface area contributed by atoms with Crippen molar-refractivity contribution in [1.29, 1.82) is 0 Å². The molecule has 0 atom stereocenters. The summed E-state index contributed by atoms with van der Waals surface area (Å²) in [5.41, 5.74) is 2.72. The number of hydrogen-bond donors (Lipinski definition) is 0. The van der Waals surface area contributed by atoms with Gasteiger partial charge in [-0.3, -0.25) is 4.79 Å². The molecule has 1 aromatic carbocycles. The standard InChI is InChI=1S/C20H22N4O4/c1-13-4-5-17-18(21-13)22-20(28-17)24-8-6-23(7-9-24)19(25)14-10-15(26-2)12-16(11-14)27-3/h4-5,10-12H,6-9H2,1-3H3. The molecule has 0 bridgehead atoms. The van der Waals surface area contributed by atoms with Crippen LogP contribution in [0.5, 0.6) is 11.5 Å². The van der Waals surface area contributed by atoms with Gasteiger partial charge in [-0.2, -0.15) is 4.98 Å². The number of oxazole rings is 1. The molecule has 4 rings (SSSR count). The summed E-state index contributed by atoms with van der Waals surface area (Å²) in [5.74, 6) is 1.14. The van der Waals surface area contributed by atoms with Gasteiger partial charge in [-0.25, -0.2) is 4.98 Å². The lowest BCUT2D eigenvalue weighted by Crippen LogP contribution is -2.48. The minimum Gasteiger partial charge on any atom is -0.497 e. The van der Waals surface area contributed by atoms with Crippen LogP contribution < -0.4 is 14.4 Å². The highest BCUT2D eigenvalue weighted by Gasteiger charge is 2.25. The summed E-state index contributed by atoms with van der Waals surface area (Å²) in [6, 6.07) is 9.53. The summed E-state index contributed by atoms with van der Waals surface area (Å²) in [6.07, 6.45) is 0. The first-order valence-electron chi connectivity index (χ1n) is 9.09. The molecule has 0 unspecified atom stereocenters. The Hall–Kier alpha value is -3.29. The maximum absolute atomic E-state index is 12.9. The van der Waals surface area contributed by atoms with Crippen molar-refractivity contribution in [2.45, 2.75) is 6.92 Å². The Balaban J connectivity index is 1.46. The number of aromatic nitrogens is 2. The molecule has 0 spiro atoms. The Morgan fingerprint density at radius 1 is 1.00 bits per heavy atom. The number of amides is 1. The number of anilines is 1. The van der Waals surface area contributed by atoms with Crippen LogP contribution in [0.4, 0.5) is 6.01 Å². The van der Waals surface area contributed by atoms with Crippen LogP contribution in [0.1, 0.15) is 16.1 Å². The molecule has 8 nitrogen and oxygen atoms in total. The fourth-order valence-corrected chi connectivity index (χ4v) is 3.25. The summed E-state index contributed by atoms with van der Waals surface area (Å²) in [5, 5.41) is 0. The lowest BCUT2D eigenvalue weighted by molar-refractivity contribution is 0.0744. The van der Waals surface area contributed by atoms with Gasteiger partial charge in [0.05, 0.1) is 14.2 Å². The van der Waals surface area contributed by atoms with E-state index in [4.69, 9.17) is 13.9 Å². The van der Waals surface area contributed by atoms with Gasteiger partial charge in [0.15, 0.2) is 5.58 Å². The number of rotatable bonds is 4. The summed E-state index contributed by atoms with van der Waals surface area (Å²) in [4.78, 5) is 25.6. The predicted molar refractivity (Wildman–Crippen MR) is 104 cm³/mol. The fraction of sp³-hybridized carbons (Fsp3) is 0.350.